The summed E-state index contributed by atoms with van der Waals surface area (Å²) in [5.41, 5.74) is -0.131. The SMILES string of the molecule is [2H]C([2H])(O)C([2H])([2H])C([2H])([2H])C([2H])([2H])c1ccccc1. The van der Waals surface area contributed by atoms with Crippen molar-refractivity contribution in [1.82, 2.24) is 0 Å². The first-order chi connectivity index (χ1) is 8.36. The van der Waals surface area contributed by atoms with Gasteiger partial charge in [-0.2, -0.15) is 0 Å². The summed E-state index contributed by atoms with van der Waals surface area (Å²) in [7, 11) is 0. The van der Waals surface area contributed by atoms with E-state index < -0.39 is 25.7 Å². The van der Waals surface area contributed by atoms with Gasteiger partial charge in [-0.1, -0.05) is 30.3 Å². The first-order valence-corrected chi connectivity index (χ1v) is 3.13. The van der Waals surface area contributed by atoms with Crippen LogP contribution in [0.1, 0.15) is 29.3 Å². The number of hydrogen-bond acceptors (Lipinski definition) is 1. The molecule has 0 fully saturated rings. The Balaban J connectivity index is 3.34. The van der Waals surface area contributed by atoms with Crippen LogP contribution in [-0.2, 0) is 6.37 Å². The highest BCUT2D eigenvalue weighted by molar-refractivity contribution is 5.14. The van der Waals surface area contributed by atoms with Gasteiger partial charge < -0.3 is 5.11 Å². The largest absolute Gasteiger partial charge is 0.396 e. The van der Waals surface area contributed by atoms with Crippen LogP contribution in [0.3, 0.4) is 0 Å². The molecule has 11 heavy (non-hydrogen) atoms. The van der Waals surface area contributed by atoms with Crippen molar-refractivity contribution < 1.29 is 16.1 Å². The maximum Gasteiger partial charge on any atom is 0.0564 e. The summed E-state index contributed by atoms with van der Waals surface area (Å²) in [5, 5.41) is 9.14. The van der Waals surface area contributed by atoms with Gasteiger partial charge in [-0.25, -0.2) is 0 Å². The smallest absolute Gasteiger partial charge is 0.0564 e. The topological polar surface area (TPSA) is 20.2 Å². The van der Waals surface area contributed by atoms with Gasteiger partial charge in [0, 0.05) is 14.8 Å². The molecule has 1 rings (SSSR count). The fourth-order valence-electron chi connectivity index (χ4n) is 0.653. The number of hydrogen-bond donors (Lipinski definition) is 1. The molecule has 1 aromatic rings. The minimum atomic E-state index is -3.52. The van der Waals surface area contributed by atoms with E-state index in [1.165, 1.54) is 24.3 Å². The zero-order valence-electron chi connectivity index (χ0n) is 13.8. The molecule has 0 saturated carbocycles. The van der Waals surface area contributed by atoms with Crippen LogP contribution in [0.15, 0.2) is 30.3 Å². The van der Waals surface area contributed by atoms with E-state index in [2.05, 4.69) is 0 Å². The second-order valence-corrected chi connectivity index (χ2v) is 1.85. The van der Waals surface area contributed by atoms with Crippen LogP contribution < -0.4 is 0 Å². The van der Waals surface area contributed by atoms with Crippen molar-refractivity contribution in [1.29, 1.82) is 0 Å². The molecule has 0 aromatic heterocycles. The molecule has 0 aliphatic carbocycles. The molecular weight excluding hydrogens is 136 g/mol. The van der Waals surface area contributed by atoms with E-state index in [0.717, 1.165) is 0 Å². The molecule has 0 unspecified atom stereocenters. The van der Waals surface area contributed by atoms with Crippen LogP contribution in [0.4, 0.5) is 0 Å². The minimum absolute atomic E-state index is 0.131. The molecule has 1 heteroatoms. The molecular formula is C10H14O. The molecule has 1 N–H and O–H groups in total. The van der Waals surface area contributed by atoms with Crippen molar-refractivity contribution in [2.45, 2.75) is 19.1 Å². The highest BCUT2D eigenvalue weighted by Gasteiger charge is 1.89. The molecule has 0 spiro atoms. The summed E-state index contributed by atoms with van der Waals surface area (Å²) in [6, 6.07) is 7.08. The summed E-state index contributed by atoms with van der Waals surface area (Å²) >= 11 is 0. The Morgan fingerprint density at radius 2 is 1.91 bits per heavy atom. The molecule has 0 radical (unpaired) electrons. The molecule has 1 aromatic carbocycles. The van der Waals surface area contributed by atoms with Gasteiger partial charge in [0.05, 0.1) is 2.74 Å². The third-order valence-electron chi connectivity index (χ3n) is 1.10. The Morgan fingerprint density at radius 1 is 1.18 bits per heavy atom. The maximum atomic E-state index is 9.14. The van der Waals surface area contributed by atoms with Crippen LogP contribution in [0.5, 0.6) is 0 Å². The van der Waals surface area contributed by atoms with E-state index >= 15 is 0 Å². The lowest BCUT2D eigenvalue weighted by Crippen LogP contribution is -1.87. The van der Waals surface area contributed by atoms with Crippen molar-refractivity contribution in [2.24, 2.45) is 0 Å². The summed E-state index contributed by atoms with van der Waals surface area (Å²) in [5.74, 6) is 0. The lowest BCUT2D eigenvalue weighted by atomic mass is 10.1. The van der Waals surface area contributed by atoms with E-state index in [9.17, 15) is 0 Å². The van der Waals surface area contributed by atoms with Gasteiger partial charge in [0.15, 0.2) is 0 Å². The molecule has 0 saturated heterocycles. The molecule has 0 atom stereocenters. The molecule has 60 valence electrons. The summed E-state index contributed by atoms with van der Waals surface area (Å²) < 4.78 is 59.6. The number of aryl methyl sites for hydroxylation is 1. The molecule has 0 aliphatic heterocycles. The molecule has 0 amide bonds. The Morgan fingerprint density at radius 3 is 2.55 bits per heavy atom. The van der Waals surface area contributed by atoms with Crippen molar-refractivity contribution in [3.05, 3.63) is 35.9 Å². The van der Waals surface area contributed by atoms with Crippen molar-refractivity contribution in [2.75, 3.05) is 6.56 Å². The lowest BCUT2D eigenvalue weighted by Gasteiger charge is -1.97. The van der Waals surface area contributed by atoms with Gasteiger partial charge in [0.2, 0.25) is 0 Å². The van der Waals surface area contributed by atoms with Gasteiger partial charge >= 0.3 is 0 Å². The molecule has 0 heterocycles. The van der Waals surface area contributed by atoms with E-state index in [1.807, 2.05) is 0 Å². The maximum absolute atomic E-state index is 9.14. The second-order valence-electron chi connectivity index (χ2n) is 1.85. The van der Waals surface area contributed by atoms with Crippen molar-refractivity contribution in [3.63, 3.8) is 0 Å². The van der Waals surface area contributed by atoms with Crippen LogP contribution in [-0.4, -0.2) is 11.7 Å². The number of aliphatic hydroxyl groups is 1. The Labute approximate surface area is 78.9 Å². The third kappa shape index (κ3) is 3.19. The summed E-state index contributed by atoms with van der Waals surface area (Å²) in [6.45, 7) is -3.52. The quantitative estimate of drug-likeness (QED) is 0.710. The predicted molar refractivity (Wildman–Crippen MR) is 46.5 cm³/mol. The zero-order chi connectivity index (χ0) is 15.1. The number of rotatable bonds is 4. The van der Waals surface area contributed by atoms with Gasteiger partial charge in [0.1, 0.15) is 0 Å². The van der Waals surface area contributed by atoms with Gasteiger partial charge in [-0.15, -0.1) is 0 Å². The van der Waals surface area contributed by atoms with Crippen molar-refractivity contribution in [3.8, 4) is 0 Å². The van der Waals surface area contributed by atoms with Gasteiger partial charge in [-0.3, -0.25) is 0 Å². The standard InChI is InChI=1S/C10H14O/c11-9-5-4-8-10-6-2-1-3-7-10/h1-3,6-7,11H,4-5,8-9H2/i4D2,5D2,8D2,9D2. The van der Waals surface area contributed by atoms with E-state index in [4.69, 9.17) is 16.1 Å². The highest BCUT2D eigenvalue weighted by Crippen LogP contribution is 2.03. The number of benzene rings is 1. The average molecular weight is 158 g/mol. The Kier molecular flexibility index (Phi) is 1.16. The summed E-state index contributed by atoms with van der Waals surface area (Å²) in [6.07, 6.45) is -9.52. The highest BCUT2D eigenvalue weighted by atomic mass is 16.2. The monoisotopic (exact) mass is 158 g/mol. The lowest BCUT2D eigenvalue weighted by molar-refractivity contribution is 0.284. The first-order valence-electron chi connectivity index (χ1n) is 7.13. The molecule has 0 bridgehead atoms. The Bertz CT molecular complexity index is 437. The first kappa shape index (κ1) is 2.60. The predicted octanol–water partition coefficient (Wildman–Crippen LogP) is 2.00. The normalized spacial score (nSPS) is 25.9. The molecule has 1 nitrogen and oxygen atoms in total. The van der Waals surface area contributed by atoms with Crippen LogP contribution in [0.25, 0.3) is 0 Å². The van der Waals surface area contributed by atoms with Crippen LogP contribution in [0, 0.1) is 0 Å². The fourth-order valence-corrected chi connectivity index (χ4v) is 0.653. The molecule has 0 aliphatic rings. The van der Waals surface area contributed by atoms with E-state index in [1.54, 1.807) is 6.07 Å². The van der Waals surface area contributed by atoms with Crippen LogP contribution in [0.2, 0.25) is 0 Å². The minimum Gasteiger partial charge on any atom is -0.396 e. The zero-order valence-corrected chi connectivity index (χ0v) is 5.83. The van der Waals surface area contributed by atoms with Gasteiger partial charge in [-0.05, 0) is 24.7 Å². The van der Waals surface area contributed by atoms with E-state index in [-0.39, 0.29) is 5.56 Å². The second kappa shape index (κ2) is 4.91. The van der Waals surface area contributed by atoms with Crippen LogP contribution >= 0.6 is 0 Å². The average Bonchev–Trinajstić information content (AvgIpc) is 2.28. The Hall–Kier alpha value is -0.820. The fraction of sp³-hybridized carbons (Fsp3) is 0.400. The van der Waals surface area contributed by atoms with E-state index in [0.29, 0.717) is 0 Å². The van der Waals surface area contributed by atoms with Gasteiger partial charge in [0.25, 0.3) is 0 Å². The summed E-state index contributed by atoms with van der Waals surface area (Å²) in [4.78, 5) is 0. The third-order valence-corrected chi connectivity index (χ3v) is 1.10. The van der Waals surface area contributed by atoms with Crippen molar-refractivity contribution >= 4 is 0 Å².